The highest BCUT2D eigenvalue weighted by Crippen LogP contribution is 2.35. The van der Waals surface area contributed by atoms with Gasteiger partial charge in [-0.1, -0.05) is 0 Å². The number of aromatic nitrogens is 2. The van der Waals surface area contributed by atoms with Crippen molar-refractivity contribution >= 4 is 5.91 Å². The van der Waals surface area contributed by atoms with Crippen LogP contribution >= 0.6 is 0 Å². The Morgan fingerprint density at radius 1 is 1.20 bits per heavy atom. The second-order valence-electron chi connectivity index (χ2n) is 6.72. The predicted molar refractivity (Wildman–Crippen MR) is 92.7 cm³/mol. The molecule has 1 aliphatic rings. The Morgan fingerprint density at radius 2 is 1.92 bits per heavy atom. The molecule has 7 heteroatoms. The Labute approximate surface area is 145 Å². The van der Waals surface area contributed by atoms with Crippen molar-refractivity contribution in [3.8, 4) is 22.8 Å². The maximum Gasteiger partial charge on any atom is 0.267 e. The Bertz CT molecular complexity index is 871. The van der Waals surface area contributed by atoms with E-state index < -0.39 is 5.54 Å². The molecule has 1 amide bonds. The Hall–Kier alpha value is -2.83. The molecule has 0 unspecified atom stereocenters. The summed E-state index contributed by atoms with van der Waals surface area (Å²) in [7, 11) is 0. The molecule has 25 heavy (non-hydrogen) atoms. The van der Waals surface area contributed by atoms with Gasteiger partial charge in [0.05, 0.1) is 5.69 Å². The molecule has 132 valence electrons. The van der Waals surface area contributed by atoms with Crippen molar-refractivity contribution in [1.29, 1.82) is 0 Å². The molecule has 0 saturated heterocycles. The third-order valence-corrected chi connectivity index (χ3v) is 3.97. The van der Waals surface area contributed by atoms with Crippen molar-refractivity contribution in [3.63, 3.8) is 0 Å². The van der Waals surface area contributed by atoms with E-state index in [1.165, 1.54) is 10.7 Å². The topological polar surface area (TPSA) is 82.5 Å². The lowest BCUT2D eigenvalue weighted by atomic mass is 10.0. The summed E-state index contributed by atoms with van der Waals surface area (Å²) < 4.78 is 11.9. The van der Waals surface area contributed by atoms with E-state index in [-0.39, 0.29) is 24.3 Å². The van der Waals surface area contributed by atoms with Gasteiger partial charge in [-0.05, 0) is 52.0 Å². The highest BCUT2D eigenvalue weighted by molar-refractivity contribution is 5.83. The molecule has 0 saturated carbocycles. The summed E-state index contributed by atoms with van der Waals surface area (Å²) >= 11 is 0. The molecular formula is C18H21N3O4. The Kier molecular flexibility index (Phi) is 4.24. The minimum atomic E-state index is -1.12. The summed E-state index contributed by atoms with van der Waals surface area (Å²) in [5.41, 5.74) is -0.108. The first-order valence-corrected chi connectivity index (χ1v) is 8.11. The number of ether oxygens (including phenoxy) is 2. The van der Waals surface area contributed by atoms with Crippen LogP contribution in [0, 0.1) is 0 Å². The van der Waals surface area contributed by atoms with E-state index in [9.17, 15) is 9.59 Å². The number of amides is 1. The van der Waals surface area contributed by atoms with Crippen LogP contribution in [0.5, 0.6) is 11.5 Å². The number of hydrogen-bond donors (Lipinski definition) is 1. The van der Waals surface area contributed by atoms with Crippen molar-refractivity contribution in [2.24, 2.45) is 0 Å². The number of carbonyl (C=O) groups excluding carboxylic acids is 1. The highest BCUT2D eigenvalue weighted by Gasteiger charge is 2.32. The summed E-state index contributed by atoms with van der Waals surface area (Å²) in [6.45, 7) is 7.26. The van der Waals surface area contributed by atoms with E-state index >= 15 is 0 Å². The van der Waals surface area contributed by atoms with Crippen LogP contribution in [-0.4, -0.2) is 28.5 Å². The van der Waals surface area contributed by atoms with Crippen molar-refractivity contribution < 1.29 is 14.3 Å². The average Bonchev–Trinajstić information content (AvgIpc) is 3.02. The quantitative estimate of drug-likeness (QED) is 0.917. The normalized spacial score (nSPS) is 13.2. The Morgan fingerprint density at radius 3 is 2.64 bits per heavy atom. The monoisotopic (exact) mass is 343 g/mol. The number of hydrogen-bond acceptors (Lipinski definition) is 5. The zero-order valence-corrected chi connectivity index (χ0v) is 14.7. The maximum atomic E-state index is 12.5. The van der Waals surface area contributed by atoms with Crippen LogP contribution in [0.15, 0.2) is 35.1 Å². The molecular weight excluding hydrogens is 322 g/mol. The van der Waals surface area contributed by atoms with Crippen LogP contribution in [0.25, 0.3) is 11.3 Å². The zero-order valence-electron chi connectivity index (χ0n) is 14.7. The third kappa shape index (κ3) is 3.22. The lowest BCUT2D eigenvalue weighted by Gasteiger charge is -2.26. The van der Waals surface area contributed by atoms with Crippen LogP contribution in [0.2, 0.25) is 0 Å². The van der Waals surface area contributed by atoms with Gasteiger partial charge in [-0.3, -0.25) is 9.59 Å². The number of rotatable bonds is 4. The molecule has 1 aromatic carbocycles. The number of fused-ring (bicyclic) bond motifs is 1. The van der Waals surface area contributed by atoms with Crippen LogP contribution in [0.4, 0.5) is 0 Å². The molecule has 3 rings (SSSR count). The first-order chi connectivity index (χ1) is 11.8. The minimum absolute atomic E-state index is 0.0282. The first-order valence-electron chi connectivity index (χ1n) is 8.11. The van der Waals surface area contributed by atoms with Gasteiger partial charge in [-0.25, -0.2) is 4.68 Å². The van der Waals surface area contributed by atoms with E-state index in [0.717, 1.165) is 5.56 Å². The summed E-state index contributed by atoms with van der Waals surface area (Å²) in [6, 6.07) is 8.46. The van der Waals surface area contributed by atoms with E-state index in [1.807, 2.05) is 19.9 Å². The van der Waals surface area contributed by atoms with Gasteiger partial charge >= 0.3 is 0 Å². The van der Waals surface area contributed by atoms with Gasteiger partial charge in [0.2, 0.25) is 12.7 Å². The second-order valence-corrected chi connectivity index (χ2v) is 6.72. The summed E-state index contributed by atoms with van der Waals surface area (Å²) in [4.78, 5) is 24.8. The Balaban J connectivity index is 2.01. The maximum absolute atomic E-state index is 12.5. The molecule has 2 heterocycles. The molecule has 0 radical (unpaired) electrons. The molecule has 1 aromatic heterocycles. The number of nitrogens with one attached hydrogen (secondary N) is 1. The van der Waals surface area contributed by atoms with E-state index in [0.29, 0.717) is 17.2 Å². The predicted octanol–water partition coefficient (Wildman–Crippen LogP) is 1.90. The lowest BCUT2D eigenvalue weighted by Crippen LogP contribution is -2.51. The van der Waals surface area contributed by atoms with Gasteiger partial charge in [-0.15, -0.1) is 0 Å². The largest absolute Gasteiger partial charge is 0.454 e. The van der Waals surface area contributed by atoms with Crippen molar-refractivity contribution in [2.75, 3.05) is 6.79 Å². The van der Waals surface area contributed by atoms with E-state index in [2.05, 4.69) is 10.4 Å². The molecule has 1 aliphatic heterocycles. The van der Waals surface area contributed by atoms with E-state index in [1.54, 1.807) is 32.0 Å². The van der Waals surface area contributed by atoms with Gasteiger partial charge in [0, 0.05) is 17.7 Å². The second kappa shape index (κ2) is 6.23. The van der Waals surface area contributed by atoms with Crippen molar-refractivity contribution in [2.45, 2.75) is 39.3 Å². The van der Waals surface area contributed by atoms with Crippen LogP contribution in [0.3, 0.4) is 0 Å². The molecule has 2 aromatic rings. The standard InChI is InChI=1S/C18H21N3O4/c1-11(2)19-17(23)18(3,4)21-16(22)8-6-13(20-21)12-5-7-14-15(9-12)25-10-24-14/h5-9,11H,10H2,1-4H3,(H,19,23). The first kappa shape index (κ1) is 17.0. The molecule has 7 nitrogen and oxygen atoms in total. The van der Waals surface area contributed by atoms with Crippen LogP contribution in [0.1, 0.15) is 27.7 Å². The minimum Gasteiger partial charge on any atom is -0.454 e. The van der Waals surface area contributed by atoms with Gasteiger partial charge in [0.1, 0.15) is 5.54 Å². The van der Waals surface area contributed by atoms with Gasteiger partial charge < -0.3 is 14.8 Å². The smallest absolute Gasteiger partial charge is 0.267 e. The van der Waals surface area contributed by atoms with Crippen molar-refractivity contribution in [3.05, 3.63) is 40.7 Å². The fourth-order valence-corrected chi connectivity index (χ4v) is 2.56. The third-order valence-electron chi connectivity index (χ3n) is 3.97. The van der Waals surface area contributed by atoms with Gasteiger partial charge in [0.25, 0.3) is 5.56 Å². The lowest BCUT2D eigenvalue weighted by molar-refractivity contribution is -0.129. The van der Waals surface area contributed by atoms with Crippen LogP contribution < -0.4 is 20.3 Å². The molecule has 1 N–H and O–H groups in total. The van der Waals surface area contributed by atoms with Crippen LogP contribution in [-0.2, 0) is 10.3 Å². The summed E-state index contributed by atoms with van der Waals surface area (Å²) in [6.07, 6.45) is 0. The fourth-order valence-electron chi connectivity index (χ4n) is 2.56. The highest BCUT2D eigenvalue weighted by atomic mass is 16.7. The summed E-state index contributed by atoms with van der Waals surface area (Å²) in [5, 5.41) is 7.24. The number of benzene rings is 1. The zero-order chi connectivity index (χ0) is 18.2. The molecule has 0 aliphatic carbocycles. The molecule has 0 spiro atoms. The van der Waals surface area contributed by atoms with E-state index in [4.69, 9.17) is 9.47 Å². The number of nitrogens with zero attached hydrogens (tertiary/aromatic N) is 2. The van der Waals surface area contributed by atoms with Gasteiger partial charge in [0.15, 0.2) is 11.5 Å². The molecule has 0 atom stereocenters. The summed E-state index contributed by atoms with van der Waals surface area (Å²) in [5.74, 6) is 1.04. The molecule has 0 fully saturated rings. The molecule has 0 bridgehead atoms. The fraction of sp³-hybridized carbons (Fsp3) is 0.389. The average molecular weight is 343 g/mol. The van der Waals surface area contributed by atoms with Crippen molar-refractivity contribution in [1.82, 2.24) is 15.1 Å². The number of carbonyl (C=O) groups is 1. The van der Waals surface area contributed by atoms with Gasteiger partial charge in [-0.2, -0.15) is 5.10 Å². The SMILES string of the molecule is CC(C)NC(=O)C(C)(C)n1nc(-c2ccc3c(c2)OCO3)ccc1=O.